The van der Waals surface area contributed by atoms with Gasteiger partial charge in [0.25, 0.3) is 0 Å². The van der Waals surface area contributed by atoms with Gasteiger partial charge in [-0.05, 0) is 6.07 Å². The Balaban J connectivity index is 0. The Kier molecular flexibility index (Phi) is 7.74. The fraction of sp³-hybridized carbons (Fsp3) is 0.333. The third kappa shape index (κ3) is 4.31. The Bertz CT molecular complexity index is 357. The molecule has 100 valence electrons. The van der Waals surface area contributed by atoms with Gasteiger partial charge in [-0.15, -0.1) is 24.8 Å². The van der Waals surface area contributed by atoms with Gasteiger partial charge in [0.2, 0.25) is 0 Å². The highest BCUT2D eigenvalue weighted by Crippen LogP contribution is 2.33. The van der Waals surface area contributed by atoms with Crippen LogP contribution in [-0.4, -0.2) is 6.54 Å². The second-order valence-corrected chi connectivity index (χ2v) is 3.05. The van der Waals surface area contributed by atoms with Crippen LogP contribution in [0.5, 0.6) is 0 Å². The monoisotopic (exact) mass is 294 g/mol. The van der Waals surface area contributed by atoms with E-state index in [4.69, 9.17) is 11.5 Å². The van der Waals surface area contributed by atoms with Crippen molar-refractivity contribution in [3.63, 3.8) is 0 Å². The fourth-order valence-electron chi connectivity index (χ4n) is 1.18. The van der Waals surface area contributed by atoms with Crippen LogP contribution in [0.15, 0.2) is 18.2 Å². The van der Waals surface area contributed by atoms with Crippen molar-refractivity contribution in [2.75, 3.05) is 6.54 Å². The van der Waals surface area contributed by atoms with Crippen molar-refractivity contribution < 1.29 is 17.6 Å². The number of nitrogens with two attached hydrogens (primary N) is 2. The van der Waals surface area contributed by atoms with Crippen molar-refractivity contribution in [1.82, 2.24) is 0 Å². The van der Waals surface area contributed by atoms with E-state index in [-0.39, 0.29) is 36.9 Å². The van der Waals surface area contributed by atoms with Crippen molar-refractivity contribution in [3.05, 3.63) is 35.1 Å². The summed E-state index contributed by atoms with van der Waals surface area (Å²) in [6.45, 7) is -0.113. The Hall–Kier alpha value is -0.560. The summed E-state index contributed by atoms with van der Waals surface area (Å²) in [6.07, 6.45) is -4.71. The highest BCUT2D eigenvalue weighted by molar-refractivity contribution is 5.85. The summed E-state index contributed by atoms with van der Waals surface area (Å²) in [7, 11) is 0. The molecule has 2 nitrogen and oxygen atoms in total. The topological polar surface area (TPSA) is 52.0 Å². The Morgan fingerprint density at radius 2 is 1.71 bits per heavy atom. The molecule has 0 aliphatic heterocycles. The van der Waals surface area contributed by atoms with Crippen molar-refractivity contribution in [2.24, 2.45) is 11.5 Å². The number of rotatable bonds is 2. The summed E-state index contributed by atoms with van der Waals surface area (Å²) < 4.78 is 50.2. The van der Waals surface area contributed by atoms with E-state index < -0.39 is 23.6 Å². The molecule has 17 heavy (non-hydrogen) atoms. The van der Waals surface area contributed by atoms with Crippen LogP contribution in [-0.2, 0) is 6.18 Å². The molecule has 0 saturated carbocycles. The minimum atomic E-state index is -4.71. The van der Waals surface area contributed by atoms with E-state index in [0.717, 1.165) is 6.07 Å². The molecule has 4 N–H and O–H groups in total. The number of benzene rings is 1. The van der Waals surface area contributed by atoms with Crippen molar-refractivity contribution in [2.45, 2.75) is 12.2 Å². The molecule has 0 bridgehead atoms. The van der Waals surface area contributed by atoms with E-state index in [1.165, 1.54) is 6.07 Å². The fourth-order valence-corrected chi connectivity index (χ4v) is 1.18. The number of hydrogen-bond acceptors (Lipinski definition) is 2. The molecule has 1 atom stereocenters. The van der Waals surface area contributed by atoms with Crippen LogP contribution in [0.2, 0.25) is 0 Å². The van der Waals surface area contributed by atoms with Crippen molar-refractivity contribution in [1.29, 1.82) is 0 Å². The van der Waals surface area contributed by atoms with Crippen molar-refractivity contribution >= 4 is 24.8 Å². The van der Waals surface area contributed by atoms with Gasteiger partial charge in [-0.1, -0.05) is 12.1 Å². The molecule has 0 spiro atoms. The van der Waals surface area contributed by atoms with Gasteiger partial charge < -0.3 is 11.5 Å². The van der Waals surface area contributed by atoms with E-state index in [1.807, 2.05) is 0 Å². The first-order valence-corrected chi connectivity index (χ1v) is 4.19. The third-order valence-electron chi connectivity index (χ3n) is 1.99. The van der Waals surface area contributed by atoms with E-state index >= 15 is 0 Å². The van der Waals surface area contributed by atoms with E-state index in [2.05, 4.69) is 0 Å². The van der Waals surface area contributed by atoms with Gasteiger partial charge in [0, 0.05) is 18.2 Å². The number of alkyl halides is 3. The lowest BCUT2D eigenvalue weighted by molar-refractivity contribution is -0.140. The second kappa shape index (κ2) is 7.00. The highest BCUT2D eigenvalue weighted by Gasteiger charge is 2.35. The van der Waals surface area contributed by atoms with Crippen molar-refractivity contribution in [3.8, 4) is 0 Å². The van der Waals surface area contributed by atoms with Crippen LogP contribution in [0.1, 0.15) is 17.2 Å². The summed E-state index contributed by atoms with van der Waals surface area (Å²) in [5, 5.41) is 0. The van der Waals surface area contributed by atoms with Crippen LogP contribution in [0.25, 0.3) is 0 Å². The minimum Gasteiger partial charge on any atom is -0.329 e. The number of hydrogen-bond donors (Lipinski definition) is 2. The smallest absolute Gasteiger partial charge is 0.329 e. The average molecular weight is 295 g/mol. The molecular formula is C9H12Cl2F4N2. The van der Waals surface area contributed by atoms with Crippen LogP contribution >= 0.6 is 24.8 Å². The lowest BCUT2D eigenvalue weighted by atomic mass is 10.0. The quantitative estimate of drug-likeness (QED) is 0.824. The van der Waals surface area contributed by atoms with Gasteiger partial charge >= 0.3 is 6.18 Å². The maximum atomic E-state index is 13.4. The molecule has 8 heteroatoms. The molecule has 0 unspecified atom stereocenters. The standard InChI is InChI=1S/C9H10F4N2.2ClH/c10-8-5(7(15)4-14)2-1-3-6(8)9(11,12)13;;/h1-3,7H,4,14-15H2;2*1H/t7-;;/m0../s1. The molecule has 0 radical (unpaired) electrons. The summed E-state index contributed by atoms with van der Waals surface area (Å²) in [5.41, 5.74) is 9.00. The van der Waals surface area contributed by atoms with Gasteiger partial charge in [0.1, 0.15) is 5.82 Å². The maximum absolute atomic E-state index is 13.4. The van der Waals surface area contributed by atoms with E-state index in [1.54, 1.807) is 0 Å². The molecule has 1 aromatic carbocycles. The maximum Gasteiger partial charge on any atom is 0.419 e. The second-order valence-electron chi connectivity index (χ2n) is 3.05. The lowest BCUT2D eigenvalue weighted by Gasteiger charge is -2.14. The van der Waals surface area contributed by atoms with Gasteiger partial charge in [-0.25, -0.2) is 4.39 Å². The predicted octanol–water partition coefficient (Wildman–Crippen LogP) is 2.65. The normalized spacial score (nSPS) is 12.4. The lowest BCUT2D eigenvalue weighted by Crippen LogP contribution is -2.23. The SMILES string of the molecule is Cl.Cl.NC[C@H](N)c1cccc(C(F)(F)F)c1F. The van der Waals surface area contributed by atoms with E-state index in [0.29, 0.717) is 6.07 Å². The summed E-state index contributed by atoms with van der Waals surface area (Å²) in [4.78, 5) is 0. The largest absolute Gasteiger partial charge is 0.419 e. The van der Waals surface area contributed by atoms with Gasteiger partial charge in [-0.2, -0.15) is 13.2 Å². The molecule has 0 aromatic heterocycles. The molecule has 0 amide bonds. The zero-order valence-electron chi connectivity index (χ0n) is 8.50. The Labute approximate surface area is 108 Å². The average Bonchev–Trinajstić information content (AvgIpc) is 2.15. The molecule has 1 aromatic rings. The Morgan fingerprint density at radius 3 is 2.12 bits per heavy atom. The first-order chi connectivity index (χ1) is 6.88. The Morgan fingerprint density at radius 1 is 1.18 bits per heavy atom. The molecule has 1 rings (SSSR count). The summed E-state index contributed by atoms with van der Waals surface area (Å²) in [6, 6.07) is 2.05. The minimum absolute atomic E-state index is 0. The molecule has 0 saturated heterocycles. The van der Waals surface area contributed by atoms with Gasteiger partial charge in [0.05, 0.1) is 5.56 Å². The zero-order valence-corrected chi connectivity index (χ0v) is 10.1. The van der Waals surface area contributed by atoms with Crippen LogP contribution in [0.4, 0.5) is 17.6 Å². The molecule has 0 heterocycles. The van der Waals surface area contributed by atoms with Gasteiger partial charge in [-0.3, -0.25) is 0 Å². The molecule has 0 fully saturated rings. The number of halogens is 6. The van der Waals surface area contributed by atoms with Gasteiger partial charge in [0.15, 0.2) is 0 Å². The van der Waals surface area contributed by atoms with Crippen LogP contribution in [0, 0.1) is 5.82 Å². The van der Waals surface area contributed by atoms with Crippen LogP contribution < -0.4 is 11.5 Å². The summed E-state index contributed by atoms with van der Waals surface area (Å²) in [5.74, 6) is -1.34. The first kappa shape index (κ1) is 18.8. The predicted molar refractivity (Wildman–Crippen MR) is 61.9 cm³/mol. The molecule has 0 aliphatic rings. The third-order valence-corrected chi connectivity index (χ3v) is 1.99. The summed E-state index contributed by atoms with van der Waals surface area (Å²) >= 11 is 0. The molecule has 0 aliphatic carbocycles. The van der Waals surface area contributed by atoms with Crippen LogP contribution in [0.3, 0.4) is 0 Å². The first-order valence-electron chi connectivity index (χ1n) is 4.19. The highest BCUT2D eigenvalue weighted by atomic mass is 35.5. The zero-order chi connectivity index (χ0) is 11.6. The van der Waals surface area contributed by atoms with E-state index in [9.17, 15) is 17.6 Å². The molecular weight excluding hydrogens is 283 g/mol.